The maximum Gasteiger partial charge on any atom is 0.164 e. The van der Waals surface area contributed by atoms with E-state index in [1.165, 1.54) is 24.0 Å². The molecule has 23 heavy (non-hydrogen) atoms. The lowest BCUT2D eigenvalue weighted by Gasteiger charge is -2.25. The molecule has 2 aliphatic carbocycles. The molecule has 0 unspecified atom stereocenters. The average molecular weight is 306 g/mol. The number of nitrogens with two attached hydrogens (primary N) is 1. The summed E-state index contributed by atoms with van der Waals surface area (Å²) in [5, 5.41) is 5.73. The minimum absolute atomic E-state index is 0.435. The van der Waals surface area contributed by atoms with E-state index in [0.29, 0.717) is 11.9 Å². The molecular formula is C17H18N6. The molecule has 1 fully saturated rings. The van der Waals surface area contributed by atoms with Gasteiger partial charge in [0.2, 0.25) is 0 Å². The number of rotatable bonds is 2. The summed E-state index contributed by atoms with van der Waals surface area (Å²) < 4.78 is 2.04. The Morgan fingerprint density at radius 1 is 1.26 bits per heavy atom. The minimum atomic E-state index is 0.435. The highest BCUT2D eigenvalue weighted by Gasteiger charge is 2.27. The molecule has 0 aromatic carbocycles. The standard InChI is InChI=1S/C17H18N6/c18-16-14-15(13-8-10-4-1-2-7-12(10)21-13)22-23(11-5-3-6-11)17(14)20-9-19-16/h2,7-9,11,21H,1,3-6H2,(H2,18,19,20). The first-order valence-electron chi connectivity index (χ1n) is 8.19. The third-order valence-corrected chi connectivity index (χ3v) is 4.99. The molecule has 0 atom stereocenters. The van der Waals surface area contributed by atoms with Crippen LogP contribution < -0.4 is 5.73 Å². The van der Waals surface area contributed by atoms with Crippen LogP contribution in [0.15, 0.2) is 18.5 Å². The van der Waals surface area contributed by atoms with Crippen molar-refractivity contribution in [2.75, 3.05) is 5.73 Å². The zero-order chi connectivity index (χ0) is 15.4. The number of nitrogens with zero attached hydrogens (tertiary/aromatic N) is 4. The van der Waals surface area contributed by atoms with Crippen molar-refractivity contribution >= 4 is 22.9 Å². The zero-order valence-electron chi connectivity index (χ0n) is 12.8. The summed E-state index contributed by atoms with van der Waals surface area (Å²) in [4.78, 5) is 12.1. The molecule has 3 aromatic rings. The SMILES string of the molecule is Nc1ncnc2c1c(-c1cc3c([nH]1)C=CCC3)nn2C1CCC1. The first-order chi connectivity index (χ1) is 11.3. The van der Waals surface area contributed by atoms with Crippen LogP contribution in [-0.4, -0.2) is 24.7 Å². The molecule has 0 amide bonds. The third-order valence-electron chi connectivity index (χ3n) is 4.99. The van der Waals surface area contributed by atoms with Gasteiger partial charge in [-0.2, -0.15) is 5.10 Å². The summed E-state index contributed by atoms with van der Waals surface area (Å²) in [6, 6.07) is 2.63. The Kier molecular flexibility index (Phi) is 2.62. The molecule has 6 heteroatoms. The summed E-state index contributed by atoms with van der Waals surface area (Å²) >= 11 is 0. The molecule has 0 bridgehead atoms. The van der Waals surface area contributed by atoms with Gasteiger partial charge in [-0.15, -0.1) is 0 Å². The summed E-state index contributed by atoms with van der Waals surface area (Å²) in [6.07, 6.45) is 11.6. The number of aryl methyl sites for hydroxylation is 1. The van der Waals surface area contributed by atoms with Crippen molar-refractivity contribution in [2.45, 2.75) is 38.1 Å². The van der Waals surface area contributed by atoms with Crippen LogP contribution in [0.4, 0.5) is 5.82 Å². The number of nitrogens with one attached hydrogen (secondary N) is 1. The second-order valence-corrected chi connectivity index (χ2v) is 6.40. The fourth-order valence-electron chi connectivity index (χ4n) is 3.51. The number of hydrogen-bond donors (Lipinski definition) is 2. The largest absolute Gasteiger partial charge is 0.383 e. The van der Waals surface area contributed by atoms with Crippen molar-refractivity contribution in [1.29, 1.82) is 0 Å². The second kappa shape index (κ2) is 4.68. The van der Waals surface area contributed by atoms with E-state index in [9.17, 15) is 0 Å². The molecule has 0 aliphatic heterocycles. The van der Waals surface area contributed by atoms with Crippen LogP contribution in [0, 0.1) is 0 Å². The van der Waals surface area contributed by atoms with E-state index >= 15 is 0 Å². The van der Waals surface area contributed by atoms with Gasteiger partial charge in [0.25, 0.3) is 0 Å². The van der Waals surface area contributed by atoms with Crippen molar-refractivity contribution in [1.82, 2.24) is 24.7 Å². The normalized spacial score (nSPS) is 17.4. The van der Waals surface area contributed by atoms with Gasteiger partial charge in [0.15, 0.2) is 5.65 Å². The Bertz CT molecular complexity index is 928. The Morgan fingerprint density at radius 2 is 2.17 bits per heavy atom. The first-order valence-corrected chi connectivity index (χ1v) is 8.19. The number of aromatic nitrogens is 5. The lowest BCUT2D eigenvalue weighted by Crippen LogP contribution is -2.18. The van der Waals surface area contributed by atoms with Crippen LogP contribution in [0.1, 0.15) is 43.0 Å². The van der Waals surface area contributed by atoms with E-state index in [4.69, 9.17) is 10.8 Å². The van der Waals surface area contributed by atoms with Crippen molar-refractivity contribution in [3.63, 3.8) is 0 Å². The summed E-state index contributed by atoms with van der Waals surface area (Å²) in [7, 11) is 0. The van der Waals surface area contributed by atoms with Gasteiger partial charge in [0, 0.05) is 5.69 Å². The summed E-state index contributed by atoms with van der Waals surface area (Å²) in [5.41, 5.74) is 11.4. The molecule has 1 saturated carbocycles. The molecule has 2 aliphatic rings. The molecule has 0 spiro atoms. The van der Waals surface area contributed by atoms with Gasteiger partial charge in [-0.05, 0) is 49.8 Å². The molecular weight excluding hydrogens is 288 g/mol. The van der Waals surface area contributed by atoms with Gasteiger partial charge < -0.3 is 10.7 Å². The van der Waals surface area contributed by atoms with Crippen LogP contribution in [0.3, 0.4) is 0 Å². The summed E-state index contributed by atoms with van der Waals surface area (Å²) in [6.45, 7) is 0. The number of nitrogen functional groups attached to an aromatic ring is 1. The zero-order valence-corrected chi connectivity index (χ0v) is 12.8. The van der Waals surface area contributed by atoms with E-state index in [2.05, 4.69) is 33.2 Å². The maximum atomic E-state index is 6.16. The van der Waals surface area contributed by atoms with Gasteiger partial charge in [-0.3, -0.25) is 0 Å². The van der Waals surface area contributed by atoms with Crippen LogP contribution in [0.5, 0.6) is 0 Å². The Hall–Kier alpha value is -2.63. The minimum Gasteiger partial charge on any atom is -0.383 e. The van der Waals surface area contributed by atoms with E-state index in [1.807, 2.05) is 4.68 Å². The monoisotopic (exact) mass is 306 g/mol. The third kappa shape index (κ3) is 1.84. The Morgan fingerprint density at radius 3 is 2.96 bits per heavy atom. The smallest absolute Gasteiger partial charge is 0.164 e. The van der Waals surface area contributed by atoms with Crippen LogP contribution in [-0.2, 0) is 6.42 Å². The lowest BCUT2D eigenvalue weighted by atomic mass is 9.93. The Balaban J connectivity index is 1.74. The van der Waals surface area contributed by atoms with E-state index in [0.717, 1.165) is 48.1 Å². The number of anilines is 1. The second-order valence-electron chi connectivity index (χ2n) is 6.40. The van der Waals surface area contributed by atoms with Crippen molar-refractivity contribution in [2.24, 2.45) is 0 Å². The van der Waals surface area contributed by atoms with Gasteiger partial charge in [0.1, 0.15) is 17.8 Å². The molecule has 116 valence electrons. The van der Waals surface area contributed by atoms with Crippen LogP contribution in [0.2, 0.25) is 0 Å². The highest BCUT2D eigenvalue weighted by Crippen LogP contribution is 2.38. The number of fused-ring (bicyclic) bond motifs is 2. The van der Waals surface area contributed by atoms with Gasteiger partial charge in [-0.1, -0.05) is 6.08 Å². The van der Waals surface area contributed by atoms with E-state index in [1.54, 1.807) is 0 Å². The van der Waals surface area contributed by atoms with Crippen molar-refractivity contribution < 1.29 is 0 Å². The number of hydrogen-bond acceptors (Lipinski definition) is 4. The molecule has 0 saturated heterocycles. The molecule has 0 radical (unpaired) electrons. The van der Waals surface area contributed by atoms with Crippen molar-refractivity contribution in [3.05, 3.63) is 29.7 Å². The number of H-pyrrole nitrogens is 1. The molecule has 3 aromatic heterocycles. The molecule has 3 heterocycles. The fraction of sp³-hybridized carbons (Fsp3) is 0.353. The molecule has 6 nitrogen and oxygen atoms in total. The molecule has 5 rings (SSSR count). The predicted octanol–water partition coefficient (Wildman–Crippen LogP) is 3.09. The highest BCUT2D eigenvalue weighted by atomic mass is 15.3. The number of allylic oxidation sites excluding steroid dienone is 1. The van der Waals surface area contributed by atoms with Gasteiger partial charge in [-0.25, -0.2) is 14.6 Å². The van der Waals surface area contributed by atoms with E-state index < -0.39 is 0 Å². The summed E-state index contributed by atoms with van der Waals surface area (Å²) in [5.74, 6) is 0.499. The first kappa shape index (κ1) is 12.9. The van der Waals surface area contributed by atoms with Crippen LogP contribution in [0.25, 0.3) is 28.5 Å². The maximum absolute atomic E-state index is 6.16. The van der Waals surface area contributed by atoms with Crippen LogP contribution >= 0.6 is 0 Å². The topological polar surface area (TPSA) is 85.4 Å². The number of aromatic amines is 1. The molecule has 3 N–H and O–H groups in total. The van der Waals surface area contributed by atoms with Crippen molar-refractivity contribution in [3.8, 4) is 11.4 Å². The quantitative estimate of drug-likeness (QED) is 0.762. The average Bonchev–Trinajstić information content (AvgIpc) is 3.08. The van der Waals surface area contributed by atoms with Gasteiger partial charge in [0.05, 0.1) is 17.1 Å². The highest BCUT2D eigenvalue weighted by molar-refractivity contribution is 5.97. The Labute approximate surface area is 133 Å². The fourth-order valence-corrected chi connectivity index (χ4v) is 3.51. The van der Waals surface area contributed by atoms with E-state index in [-0.39, 0.29) is 0 Å². The predicted molar refractivity (Wildman–Crippen MR) is 89.8 cm³/mol. The van der Waals surface area contributed by atoms with Gasteiger partial charge >= 0.3 is 0 Å². The lowest BCUT2D eigenvalue weighted by molar-refractivity contribution is 0.296.